The summed E-state index contributed by atoms with van der Waals surface area (Å²) in [6.07, 6.45) is 2.69. The molecule has 1 atom stereocenters. The highest BCUT2D eigenvalue weighted by atomic mass is 16.5. The van der Waals surface area contributed by atoms with Gasteiger partial charge in [-0.3, -0.25) is 14.4 Å². The van der Waals surface area contributed by atoms with Crippen molar-refractivity contribution in [3.8, 4) is 0 Å². The van der Waals surface area contributed by atoms with Crippen LogP contribution < -0.4 is 10.2 Å². The van der Waals surface area contributed by atoms with Gasteiger partial charge in [-0.25, -0.2) is 4.79 Å². The number of aryl methyl sites for hydroxylation is 1. The van der Waals surface area contributed by atoms with E-state index in [4.69, 9.17) is 9.47 Å². The number of rotatable bonds is 10. The lowest BCUT2D eigenvalue weighted by Gasteiger charge is -2.17. The van der Waals surface area contributed by atoms with Crippen molar-refractivity contribution in [3.05, 3.63) is 59.7 Å². The van der Waals surface area contributed by atoms with E-state index in [1.165, 1.54) is 5.56 Å². The number of nitrogens with one attached hydrogen (secondary N) is 1. The van der Waals surface area contributed by atoms with Gasteiger partial charge >= 0.3 is 11.9 Å². The third-order valence-electron chi connectivity index (χ3n) is 5.60. The summed E-state index contributed by atoms with van der Waals surface area (Å²) in [5.41, 5.74) is 2.76. The zero-order valence-corrected chi connectivity index (χ0v) is 19.5. The third-order valence-corrected chi connectivity index (χ3v) is 5.60. The molecule has 2 aromatic rings. The first-order valence-electron chi connectivity index (χ1n) is 11.5. The molecule has 1 heterocycles. The van der Waals surface area contributed by atoms with Crippen LogP contribution in [0.25, 0.3) is 0 Å². The monoisotopic (exact) mass is 466 g/mol. The molecule has 1 saturated heterocycles. The zero-order chi connectivity index (χ0) is 24.5. The standard InChI is InChI=1S/C26H30N2O6/c1-3-5-14-33-25(31)19-8-10-21(11-9-19)27-23(29)17-34-26(32)20-15-24(30)28(16-20)22-12-6-18(4-2)7-13-22/h6-13,20H,3-5,14-17H2,1-2H3,(H,27,29)/t20-/m0/s1. The molecule has 1 aliphatic rings. The van der Waals surface area contributed by atoms with Crippen LogP contribution in [0, 0.1) is 5.92 Å². The molecule has 0 saturated carbocycles. The fraction of sp³-hybridized carbons (Fsp3) is 0.385. The number of carbonyl (C=O) groups is 4. The molecule has 1 fully saturated rings. The molecule has 1 N–H and O–H groups in total. The number of amides is 2. The van der Waals surface area contributed by atoms with E-state index in [0.29, 0.717) is 17.9 Å². The Morgan fingerprint density at radius 3 is 2.35 bits per heavy atom. The van der Waals surface area contributed by atoms with Gasteiger partial charge in [-0.15, -0.1) is 0 Å². The molecule has 180 valence electrons. The topological polar surface area (TPSA) is 102 Å². The summed E-state index contributed by atoms with van der Waals surface area (Å²) in [4.78, 5) is 50.5. The first kappa shape index (κ1) is 25.0. The summed E-state index contributed by atoms with van der Waals surface area (Å²) >= 11 is 0. The van der Waals surface area contributed by atoms with Gasteiger partial charge in [0.25, 0.3) is 5.91 Å². The van der Waals surface area contributed by atoms with Crippen LogP contribution in [0.1, 0.15) is 49.0 Å². The predicted molar refractivity (Wildman–Crippen MR) is 128 cm³/mol. The van der Waals surface area contributed by atoms with E-state index in [0.717, 1.165) is 24.9 Å². The van der Waals surface area contributed by atoms with E-state index in [1.807, 2.05) is 31.2 Å². The van der Waals surface area contributed by atoms with E-state index in [2.05, 4.69) is 12.2 Å². The largest absolute Gasteiger partial charge is 0.462 e. The van der Waals surface area contributed by atoms with E-state index in [9.17, 15) is 19.2 Å². The second-order valence-corrected chi connectivity index (χ2v) is 8.15. The van der Waals surface area contributed by atoms with Crippen LogP contribution in [0.15, 0.2) is 48.5 Å². The minimum atomic E-state index is -0.621. The number of nitrogens with zero attached hydrogens (tertiary/aromatic N) is 1. The van der Waals surface area contributed by atoms with Crippen LogP contribution >= 0.6 is 0 Å². The predicted octanol–water partition coefficient (Wildman–Crippen LogP) is 3.74. The van der Waals surface area contributed by atoms with Crippen molar-refractivity contribution in [2.75, 3.05) is 30.0 Å². The van der Waals surface area contributed by atoms with Gasteiger partial charge in [0.05, 0.1) is 18.1 Å². The molecule has 0 radical (unpaired) electrons. The first-order valence-corrected chi connectivity index (χ1v) is 11.5. The molecule has 8 heteroatoms. The molecule has 0 aromatic heterocycles. The number of anilines is 2. The second kappa shape index (κ2) is 12.0. The van der Waals surface area contributed by atoms with Crippen molar-refractivity contribution in [3.63, 3.8) is 0 Å². The summed E-state index contributed by atoms with van der Waals surface area (Å²) in [5.74, 6) is -2.28. The van der Waals surface area contributed by atoms with Crippen LogP contribution in [0.4, 0.5) is 11.4 Å². The Morgan fingerprint density at radius 1 is 1.00 bits per heavy atom. The number of hydrogen-bond acceptors (Lipinski definition) is 6. The Balaban J connectivity index is 1.45. The fourth-order valence-corrected chi connectivity index (χ4v) is 3.56. The molecule has 0 spiro atoms. The summed E-state index contributed by atoms with van der Waals surface area (Å²) in [5, 5.41) is 2.61. The number of ether oxygens (including phenoxy) is 2. The van der Waals surface area contributed by atoms with Gasteiger partial charge in [0.2, 0.25) is 5.91 Å². The zero-order valence-electron chi connectivity index (χ0n) is 19.5. The molecular weight excluding hydrogens is 436 g/mol. The minimum absolute atomic E-state index is 0.0474. The average Bonchev–Trinajstić information content (AvgIpc) is 3.24. The Hall–Kier alpha value is -3.68. The van der Waals surface area contributed by atoms with Gasteiger partial charge < -0.3 is 19.7 Å². The van der Waals surface area contributed by atoms with Gasteiger partial charge in [-0.2, -0.15) is 0 Å². The number of unbranched alkanes of at least 4 members (excludes halogenated alkanes) is 1. The lowest BCUT2D eigenvalue weighted by Crippen LogP contribution is -2.28. The van der Waals surface area contributed by atoms with Crippen molar-refractivity contribution in [1.29, 1.82) is 0 Å². The molecule has 2 aromatic carbocycles. The lowest BCUT2D eigenvalue weighted by atomic mass is 10.1. The molecule has 0 aliphatic carbocycles. The molecule has 0 unspecified atom stereocenters. The van der Waals surface area contributed by atoms with Gasteiger partial charge in [0.15, 0.2) is 6.61 Å². The molecule has 8 nitrogen and oxygen atoms in total. The van der Waals surface area contributed by atoms with Crippen molar-refractivity contribution in [2.24, 2.45) is 5.92 Å². The third kappa shape index (κ3) is 6.66. The summed E-state index contributed by atoms with van der Waals surface area (Å²) in [7, 11) is 0. The van der Waals surface area contributed by atoms with Crippen molar-refractivity contribution < 1.29 is 28.7 Å². The van der Waals surface area contributed by atoms with E-state index in [1.54, 1.807) is 29.2 Å². The normalized spacial score (nSPS) is 15.2. The van der Waals surface area contributed by atoms with Crippen LogP contribution in [-0.4, -0.2) is 43.5 Å². The van der Waals surface area contributed by atoms with Gasteiger partial charge in [-0.1, -0.05) is 32.4 Å². The average molecular weight is 467 g/mol. The quantitative estimate of drug-likeness (QED) is 0.423. The highest BCUT2D eigenvalue weighted by molar-refractivity contribution is 6.00. The highest BCUT2D eigenvalue weighted by Gasteiger charge is 2.36. The number of carbonyl (C=O) groups excluding carboxylic acids is 4. The fourth-order valence-electron chi connectivity index (χ4n) is 3.56. The van der Waals surface area contributed by atoms with E-state index >= 15 is 0 Å². The second-order valence-electron chi connectivity index (χ2n) is 8.15. The maximum absolute atomic E-state index is 12.4. The first-order chi connectivity index (χ1) is 16.4. The Kier molecular flexibility index (Phi) is 8.79. The summed E-state index contributed by atoms with van der Waals surface area (Å²) in [6.45, 7) is 4.19. The van der Waals surface area contributed by atoms with Gasteiger partial charge in [0, 0.05) is 24.3 Å². The number of benzene rings is 2. The molecule has 3 rings (SSSR count). The van der Waals surface area contributed by atoms with Crippen molar-refractivity contribution >= 4 is 35.1 Å². The van der Waals surface area contributed by atoms with Crippen molar-refractivity contribution in [2.45, 2.75) is 39.5 Å². The van der Waals surface area contributed by atoms with Crippen LogP contribution in [-0.2, 0) is 30.3 Å². The minimum Gasteiger partial charge on any atom is -0.462 e. The molecule has 0 bridgehead atoms. The smallest absolute Gasteiger partial charge is 0.338 e. The van der Waals surface area contributed by atoms with E-state index in [-0.39, 0.29) is 18.9 Å². The van der Waals surface area contributed by atoms with Crippen LogP contribution in [0.3, 0.4) is 0 Å². The molecule has 1 aliphatic heterocycles. The maximum Gasteiger partial charge on any atom is 0.338 e. The lowest BCUT2D eigenvalue weighted by molar-refractivity contribution is -0.151. The summed E-state index contributed by atoms with van der Waals surface area (Å²) < 4.78 is 10.3. The Morgan fingerprint density at radius 2 is 1.71 bits per heavy atom. The molecule has 34 heavy (non-hydrogen) atoms. The van der Waals surface area contributed by atoms with Crippen LogP contribution in [0.5, 0.6) is 0 Å². The van der Waals surface area contributed by atoms with Crippen molar-refractivity contribution in [1.82, 2.24) is 0 Å². The molecular formula is C26H30N2O6. The summed E-state index contributed by atoms with van der Waals surface area (Å²) in [6, 6.07) is 13.9. The van der Waals surface area contributed by atoms with Crippen LogP contribution in [0.2, 0.25) is 0 Å². The maximum atomic E-state index is 12.4. The molecule has 2 amide bonds. The van der Waals surface area contributed by atoms with Gasteiger partial charge in [0.1, 0.15) is 0 Å². The SMILES string of the molecule is CCCCOC(=O)c1ccc(NC(=O)COC(=O)[C@H]2CC(=O)N(c3ccc(CC)cc3)C2)cc1. The Bertz CT molecular complexity index is 1020. The van der Waals surface area contributed by atoms with Gasteiger partial charge in [-0.05, 0) is 54.8 Å². The Labute approximate surface area is 199 Å². The van der Waals surface area contributed by atoms with E-state index < -0.39 is 30.4 Å². The number of hydrogen-bond donors (Lipinski definition) is 1. The number of esters is 2. The highest BCUT2D eigenvalue weighted by Crippen LogP contribution is 2.26.